The molecule has 0 aromatic heterocycles. The minimum atomic E-state index is -0.100. The maximum absolute atomic E-state index is 11.5. The third-order valence-corrected chi connectivity index (χ3v) is 3.04. The van der Waals surface area contributed by atoms with Crippen LogP contribution in [-0.2, 0) is 9.53 Å². The summed E-state index contributed by atoms with van der Waals surface area (Å²) in [6.07, 6.45) is 0. The summed E-state index contributed by atoms with van der Waals surface area (Å²) in [5, 5.41) is 2.93. The van der Waals surface area contributed by atoms with Gasteiger partial charge in [0.1, 0.15) is 0 Å². The number of ether oxygens (including phenoxy) is 1. The molecular weight excluding hydrogens is 206 g/mol. The highest BCUT2D eigenvalue weighted by molar-refractivity contribution is 5.78. The van der Waals surface area contributed by atoms with Crippen molar-refractivity contribution in [3.05, 3.63) is 0 Å². The fraction of sp³-hybridized carbons (Fsp3) is 0.909. The third-order valence-electron chi connectivity index (χ3n) is 3.04. The number of carbonyl (C=O) groups excluding carboxylic acids is 1. The minimum absolute atomic E-state index is 0.0441. The molecule has 0 saturated carbocycles. The molecule has 2 atom stereocenters. The van der Waals surface area contributed by atoms with Crippen LogP contribution in [-0.4, -0.2) is 56.2 Å². The zero-order valence-corrected chi connectivity index (χ0v) is 10.2. The highest BCUT2D eigenvalue weighted by Crippen LogP contribution is 2.02. The first-order valence-corrected chi connectivity index (χ1v) is 5.94. The second-order valence-corrected chi connectivity index (χ2v) is 4.38. The number of amides is 1. The molecule has 0 bridgehead atoms. The van der Waals surface area contributed by atoms with Gasteiger partial charge in [-0.2, -0.15) is 0 Å². The average Bonchev–Trinajstić information content (AvgIpc) is 2.35. The van der Waals surface area contributed by atoms with Crippen LogP contribution in [0.1, 0.15) is 13.8 Å². The molecule has 2 unspecified atom stereocenters. The molecule has 1 amide bonds. The van der Waals surface area contributed by atoms with E-state index in [2.05, 4.69) is 17.1 Å². The predicted molar refractivity (Wildman–Crippen MR) is 63.1 cm³/mol. The van der Waals surface area contributed by atoms with E-state index in [1.165, 1.54) is 0 Å². The number of nitrogens with zero attached hydrogens (tertiary/aromatic N) is 1. The second kappa shape index (κ2) is 6.83. The fourth-order valence-corrected chi connectivity index (χ4v) is 1.68. The van der Waals surface area contributed by atoms with E-state index < -0.39 is 0 Å². The van der Waals surface area contributed by atoms with Crippen LogP contribution in [0, 0.1) is 5.92 Å². The predicted octanol–water partition coefficient (Wildman–Crippen LogP) is -0.582. The summed E-state index contributed by atoms with van der Waals surface area (Å²) in [6, 6.07) is 0.359. The number of hydrogen-bond acceptors (Lipinski definition) is 4. The van der Waals surface area contributed by atoms with Gasteiger partial charge in [-0.05, 0) is 6.92 Å². The van der Waals surface area contributed by atoms with Crippen LogP contribution in [0.5, 0.6) is 0 Å². The van der Waals surface area contributed by atoms with Crippen molar-refractivity contribution in [3.8, 4) is 0 Å². The molecule has 5 heteroatoms. The highest BCUT2D eigenvalue weighted by Gasteiger charge is 2.18. The van der Waals surface area contributed by atoms with Gasteiger partial charge in [-0.3, -0.25) is 9.69 Å². The second-order valence-electron chi connectivity index (χ2n) is 4.38. The van der Waals surface area contributed by atoms with Crippen molar-refractivity contribution in [1.29, 1.82) is 0 Å². The van der Waals surface area contributed by atoms with E-state index in [0.717, 1.165) is 26.3 Å². The smallest absolute Gasteiger partial charge is 0.224 e. The Morgan fingerprint density at radius 1 is 1.44 bits per heavy atom. The van der Waals surface area contributed by atoms with Crippen LogP contribution in [0.3, 0.4) is 0 Å². The van der Waals surface area contributed by atoms with Crippen molar-refractivity contribution in [2.24, 2.45) is 11.7 Å². The van der Waals surface area contributed by atoms with Gasteiger partial charge in [0, 0.05) is 38.1 Å². The SMILES string of the molecule is CC(CN)C(=O)NCC(C)N1CCOCC1. The molecule has 1 heterocycles. The van der Waals surface area contributed by atoms with E-state index in [9.17, 15) is 4.79 Å². The van der Waals surface area contributed by atoms with Gasteiger partial charge in [-0.25, -0.2) is 0 Å². The maximum Gasteiger partial charge on any atom is 0.224 e. The first-order chi connectivity index (χ1) is 7.65. The fourth-order valence-electron chi connectivity index (χ4n) is 1.68. The van der Waals surface area contributed by atoms with E-state index in [4.69, 9.17) is 10.5 Å². The van der Waals surface area contributed by atoms with Crippen LogP contribution in [0.4, 0.5) is 0 Å². The van der Waals surface area contributed by atoms with Crippen LogP contribution in [0.15, 0.2) is 0 Å². The van der Waals surface area contributed by atoms with Crippen molar-refractivity contribution < 1.29 is 9.53 Å². The van der Waals surface area contributed by atoms with Crippen molar-refractivity contribution in [1.82, 2.24) is 10.2 Å². The van der Waals surface area contributed by atoms with Crippen LogP contribution < -0.4 is 11.1 Å². The molecule has 1 fully saturated rings. The topological polar surface area (TPSA) is 67.6 Å². The molecule has 1 aliphatic heterocycles. The van der Waals surface area contributed by atoms with Gasteiger partial charge in [0.2, 0.25) is 5.91 Å². The summed E-state index contributed by atoms with van der Waals surface area (Å²) in [6.45, 7) is 8.52. The molecule has 0 aromatic rings. The number of carbonyl (C=O) groups is 1. The van der Waals surface area contributed by atoms with Gasteiger partial charge < -0.3 is 15.8 Å². The van der Waals surface area contributed by atoms with Gasteiger partial charge in [0.15, 0.2) is 0 Å². The first-order valence-electron chi connectivity index (χ1n) is 5.94. The lowest BCUT2D eigenvalue weighted by Gasteiger charge is -2.32. The number of nitrogens with two attached hydrogens (primary N) is 1. The van der Waals surface area contributed by atoms with Gasteiger partial charge in [-0.15, -0.1) is 0 Å². The van der Waals surface area contributed by atoms with Gasteiger partial charge in [0.05, 0.1) is 13.2 Å². The van der Waals surface area contributed by atoms with Crippen LogP contribution in [0.2, 0.25) is 0 Å². The lowest BCUT2D eigenvalue weighted by atomic mass is 10.1. The summed E-state index contributed by atoms with van der Waals surface area (Å²) >= 11 is 0. The van der Waals surface area contributed by atoms with Crippen LogP contribution >= 0.6 is 0 Å². The molecule has 0 aliphatic carbocycles. The largest absolute Gasteiger partial charge is 0.379 e. The standard InChI is InChI=1S/C11H23N3O2/c1-9(7-12)11(15)13-8-10(2)14-3-5-16-6-4-14/h9-10H,3-8,12H2,1-2H3,(H,13,15). The molecule has 0 radical (unpaired) electrons. The Morgan fingerprint density at radius 2 is 2.06 bits per heavy atom. The summed E-state index contributed by atoms with van der Waals surface area (Å²) in [4.78, 5) is 13.9. The van der Waals surface area contributed by atoms with Crippen molar-refractivity contribution in [2.45, 2.75) is 19.9 Å². The zero-order chi connectivity index (χ0) is 12.0. The molecule has 3 N–H and O–H groups in total. The molecule has 16 heavy (non-hydrogen) atoms. The van der Waals surface area contributed by atoms with E-state index >= 15 is 0 Å². The van der Waals surface area contributed by atoms with Crippen molar-refractivity contribution in [3.63, 3.8) is 0 Å². The van der Waals surface area contributed by atoms with E-state index in [1.807, 2.05) is 6.92 Å². The maximum atomic E-state index is 11.5. The van der Waals surface area contributed by atoms with E-state index in [1.54, 1.807) is 0 Å². The van der Waals surface area contributed by atoms with Gasteiger partial charge >= 0.3 is 0 Å². The average molecular weight is 229 g/mol. The number of morpholine rings is 1. The Labute approximate surface area is 97.3 Å². The quantitative estimate of drug-likeness (QED) is 0.662. The molecule has 94 valence electrons. The molecule has 5 nitrogen and oxygen atoms in total. The van der Waals surface area contributed by atoms with Crippen molar-refractivity contribution >= 4 is 5.91 Å². The molecule has 0 spiro atoms. The Morgan fingerprint density at radius 3 is 2.62 bits per heavy atom. The summed E-state index contributed by atoms with van der Waals surface area (Å²) in [5.74, 6) is -0.0560. The monoisotopic (exact) mass is 229 g/mol. The lowest BCUT2D eigenvalue weighted by molar-refractivity contribution is -0.124. The first kappa shape index (κ1) is 13.4. The Balaban J connectivity index is 2.23. The van der Waals surface area contributed by atoms with Crippen LogP contribution in [0.25, 0.3) is 0 Å². The van der Waals surface area contributed by atoms with Crippen molar-refractivity contribution in [2.75, 3.05) is 39.4 Å². The Kier molecular flexibility index (Phi) is 5.73. The molecule has 0 aromatic carbocycles. The lowest BCUT2D eigenvalue weighted by Crippen LogP contribution is -2.48. The van der Waals surface area contributed by atoms with Gasteiger partial charge in [0.25, 0.3) is 0 Å². The number of nitrogens with one attached hydrogen (secondary N) is 1. The number of hydrogen-bond donors (Lipinski definition) is 2. The van der Waals surface area contributed by atoms with E-state index in [0.29, 0.717) is 19.1 Å². The summed E-state index contributed by atoms with van der Waals surface area (Å²) in [7, 11) is 0. The summed E-state index contributed by atoms with van der Waals surface area (Å²) in [5.41, 5.74) is 5.43. The third kappa shape index (κ3) is 4.08. The minimum Gasteiger partial charge on any atom is -0.379 e. The Bertz CT molecular complexity index is 217. The van der Waals surface area contributed by atoms with E-state index in [-0.39, 0.29) is 11.8 Å². The highest BCUT2D eigenvalue weighted by atomic mass is 16.5. The molecule has 1 aliphatic rings. The normalized spacial score (nSPS) is 21.4. The Hall–Kier alpha value is -0.650. The number of rotatable bonds is 5. The van der Waals surface area contributed by atoms with Gasteiger partial charge in [-0.1, -0.05) is 6.92 Å². The summed E-state index contributed by atoms with van der Waals surface area (Å²) < 4.78 is 5.29. The molecular formula is C11H23N3O2. The zero-order valence-electron chi connectivity index (χ0n) is 10.2. The molecule has 1 rings (SSSR count). The molecule has 1 saturated heterocycles.